The summed E-state index contributed by atoms with van der Waals surface area (Å²) in [7, 11) is 0. The van der Waals surface area contributed by atoms with E-state index in [9.17, 15) is 14.7 Å². The van der Waals surface area contributed by atoms with Gasteiger partial charge in [-0.05, 0) is 49.7 Å². The van der Waals surface area contributed by atoms with E-state index < -0.39 is 17.7 Å². The maximum Gasteiger partial charge on any atom is 0.300 e. The summed E-state index contributed by atoms with van der Waals surface area (Å²) >= 11 is 3.35. The first kappa shape index (κ1) is 19.2. The summed E-state index contributed by atoms with van der Waals surface area (Å²) in [6.45, 7) is 3.85. The van der Waals surface area contributed by atoms with Crippen LogP contribution in [0.2, 0.25) is 0 Å². The van der Waals surface area contributed by atoms with E-state index >= 15 is 0 Å². The van der Waals surface area contributed by atoms with E-state index in [-0.39, 0.29) is 11.3 Å². The lowest BCUT2D eigenvalue weighted by Gasteiger charge is -2.25. The second-order valence-corrected chi connectivity index (χ2v) is 7.90. The van der Waals surface area contributed by atoms with Gasteiger partial charge >= 0.3 is 0 Å². The molecule has 1 fully saturated rings. The molecule has 0 radical (unpaired) electrons. The molecule has 1 atom stereocenters. The van der Waals surface area contributed by atoms with E-state index in [0.717, 1.165) is 15.6 Å². The zero-order chi connectivity index (χ0) is 20.7. The molecule has 0 aliphatic carbocycles. The first-order valence-corrected chi connectivity index (χ1v) is 9.85. The average molecular weight is 452 g/mol. The predicted molar refractivity (Wildman–Crippen MR) is 114 cm³/mol. The molecule has 146 valence electrons. The summed E-state index contributed by atoms with van der Waals surface area (Å²) in [6.07, 6.45) is 1.48. The number of hydrogen-bond donors (Lipinski definition) is 1. The number of nitrogens with zero attached hydrogens (tertiary/aromatic N) is 1. The van der Waals surface area contributed by atoms with Crippen LogP contribution in [0.3, 0.4) is 0 Å². The number of Topliss-reactive ketones (excluding diaryl/α,β-unsaturated/α-hetero) is 1. The third-order valence-electron chi connectivity index (χ3n) is 4.99. The molecule has 0 spiro atoms. The zero-order valence-corrected chi connectivity index (χ0v) is 17.4. The van der Waals surface area contributed by atoms with Crippen molar-refractivity contribution < 1.29 is 19.1 Å². The maximum absolute atomic E-state index is 13.0. The number of aliphatic hydroxyl groups is 1. The number of halogens is 1. The Balaban J connectivity index is 1.94. The second-order valence-electron chi connectivity index (χ2n) is 6.98. The van der Waals surface area contributed by atoms with Crippen molar-refractivity contribution in [1.82, 2.24) is 0 Å². The number of hydrogen-bond acceptors (Lipinski definition) is 4. The van der Waals surface area contributed by atoms with Crippen molar-refractivity contribution >= 4 is 39.1 Å². The number of carbonyl (C=O) groups excluding carboxylic acids is 2. The molecule has 1 saturated heterocycles. The monoisotopic (exact) mass is 451 g/mol. The van der Waals surface area contributed by atoms with Gasteiger partial charge in [-0.25, -0.2) is 0 Å². The Morgan fingerprint density at radius 2 is 1.79 bits per heavy atom. The Morgan fingerprint density at radius 3 is 2.41 bits per heavy atom. The molecule has 1 aromatic heterocycles. The number of benzene rings is 2. The van der Waals surface area contributed by atoms with Crippen LogP contribution in [-0.2, 0) is 9.59 Å². The molecule has 0 saturated carbocycles. The van der Waals surface area contributed by atoms with Crippen LogP contribution in [0.4, 0.5) is 5.69 Å². The van der Waals surface area contributed by atoms with Gasteiger partial charge in [0.1, 0.15) is 17.6 Å². The smallest absolute Gasteiger partial charge is 0.300 e. The molecule has 1 unspecified atom stereocenters. The van der Waals surface area contributed by atoms with Crippen LogP contribution in [0.15, 0.2) is 75.3 Å². The molecule has 6 heteroatoms. The molecule has 1 amide bonds. The van der Waals surface area contributed by atoms with E-state index in [1.165, 1.54) is 11.2 Å². The van der Waals surface area contributed by atoms with Crippen molar-refractivity contribution in [3.63, 3.8) is 0 Å². The molecule has 5 nitrogen and oxygen atoms in total. The molecular formula is C23H18BrNO4. The van der Waals surface area contributed by atoms with E-state index in [0.29, 0.717) is 17.0 Å². The van der Waals surface area contributed by atoms with Crippen LogP contribution in [0.5, 0.6) is 0 Å². The standard InChI is InChI=1S/C23H18BrNO4/c1-13-5-10-17(14(2)12-13)25-20(18-4-3-11-29-18)19(22(27)23(25)28)21(26)15-6-8-16(24)9-7-15/h3-12,20,26H,1-2H3/b21-19-. The number of aliphatic hydroxyl groups excluding tert-OH is 1. The summed E-state index contributed by atoms with van der Waals surface area (Å²) in [5.41, 5.74) is 2.96. The fourth-order valence-corrected chi connectivity index (χ4v) is 3.90. The lowest BCUT2D eigenvalue weighted by Crippen LogP contribution is -2.30. The van der Waals surface area contributed by atoms with Gasteiger partial charge in [-0.1, -0.05) is 45.8 Å². The normalized spacial score (nSPS) is 18.4. The quantitative estimate of drug-likeness (QED) is 0.333. The molecule has 2 heterocycles. The summed E-state index contributed by atoms with van der Waals surface area (Å²) < 4.78 is 6.41. The SMILES string of the molecule is Cc1ccc(N2C(=O)C(=O)/C(=C(\O)c3ccc(Br)cc3)C2c2ccco2)c(C)c1. The maximum atomic E-state index is 13.0. The number of furan rings is 1. The summed E-state index contributed by atoms with van der Waals surface area (Å²) in [6, 6.07) is 15.1. The highest BCUT2D eigenvalue weighted by Gasteiger charge is 2.48. The van der Waals surface area contributed by atoms with E-state index in [4.69, 9.17) is 4.42 Å². The number of anilines is 1. The van der Waals surface area contributed by atoms with Crippen molar-refractivity contribution in [2.24, 2.45) is 0 Å². The molecule has 1 N–H and O–H groups in total. The van der Waals surface area contributed by atoms with Crippen LogP contribution >= 0.6 is 15.9 Å². The van der Waals surface area contributed by atoms with E-state index in [1.54, 1.807) is 36.4 Å². The minimum absolute atomic E-state index is 0.00671. The Kier molecular flexibility index (Phi) is 4.88. The van der Waals surface area contributed by atoms with Gasteiger partial charge in [0.05, 0.1) is 11.8 Å². The van der Waals surface area contributed by atoms with Crippen molar-refractivity contribution in [3.05, 3.63) is 93.4 Å². The number of rotatable bonds is 3. The number of amides is 1. The topological polar surface area (TPSA) is 70.8 Å². The first-order valence-electron chi connectivity index (χ1n) is 9.06. The lowest BCUT2D eigenvalue weighted by molar-refractivity contribution is -0.132. The van der Waals surface area contributed by atoms with Gasteiger partial charge in [-0.15, -0.1) is 0 Å². The van der Waals surface area contributed by atoms with Gasteiger partial charge in [0.25, 0.3) is 11.7 Å². The lowest BCUT2D eigenvalue weighted by atomic mass is 9.99. The fourth-order valence-electron chi connectivity index (χ4n) is 3.64. The number of aryl methyl sites for hydroxylation is 2. The second kappa shape index (κ2) is 7.37. The van der Waals surface area contributed by atoms with Gasteiger partial charge in [0.2, 0.25) is 0 Å². The zero-order valence-electron chi connectivity index (χ0n) is 15.8. The van der Waals surface area contributed by atoms with Gasteiger partial charge in [0.15, 0.2) is 0 Å². The van der Waals surface area contributed by atoms with Crippen LogP contribution in [-0.4, -0.2) is 16.8 Å². The third-order valence-corrected chi connectivity index (χ3v) is 5.52. The van der Waals surface area contributed by atoms with Gasteiger partial charge in [-0.2, -0.15) is 0 Å². The Bertz CT molecular complexity index is 1130. The number of ketones is 1. The van der Waals surface area contributed by atoms with Crippen LogP contribution < -0.4 is 4.90 Å². The van der Waals surface area contributed by atoms with E-state index in [1.807, 2.05) is 32.0 Å². The molecule has 1 aliphatic heterocycles. The number of carbonyl (C=O) groups is 2. The minimum Gasteiger partial charge on any atom is -0.507 e. The largest absolute Gasteiger partial charge is 0.507 e. The van der Waals surface area contributed by atoms with Crippen LogP contribution in [0.1, 0.15) is 28.5 Å². The third kappa shape index (κ3) is 3.29. The minimum atomic E-state index is -0.852. The fraction of sp³-hybridized carbons (Fsp3) is 0.130. The highest BCUT2D eigenvalue weighted by molar-refractivity contribution is 9.10. The van der Waals surface area contributed by atoms with Crippen molar-refractivity contribution in [1.29, 1.82) is 0 Å². The Hall–Kier alpha value is -3.12. The van der Waals surface area contributed by atoms with Gasteiger partial charge in [-0.3, -0.25) is 14.5 Å². The highest BCUT2D eigenvalue weighted by Crippen LogP contribution is 2.43. The molecule has 29 heavy (non-hydrogen) atoms. The summed E-state index contributed by atoms with van der Waals surface area (Å²) in [5, 5.41) is 11.0. The van der Waals surface area contributed by atoms with Crippen molar-refractivity contribution in [3.8, 4) is 0 Å². The molecule has 1 aliphatic rings. The molecule has 0 bridgehead atoms. The van der Waals surface area contributed by atoms with E-state index in [2.05, 4.69) is 15.9 Å². The Labute approximate surface area is 176 Å². The van der Waals surface area contributed by atoms with Crippen molar-refractivity contribution in [2.75, 3.05) is 4.90 Å². The summed E-state index contributed by atoms with van der Waals surface area (Å²) in [5.74, 6) is -1.27. The van der Waals surface area contributed by atoms with Gasteiger partial charge in [0, 0.05) is 15.7 Å². The van der Waals surface area contributed by atoms with Crippen LogP contribution in [0.25, 0.3) is 5.76 Å². The molecule has 3 aromatic rings. The van der Waals surface area contributed by atoms with Crippen LogP contribution in [0, 0.1) is 13.8 Å². The molecule has 2 aromatic carbocycles. The molecular weight excluding hydrogens is 434 g/mol. The summed E-state index contributed by atoms with van der Waals surface area (Å²) in [4.78, 5) is 27.4. The van der Waals surface area contributed by atoms with Gasteiger partial charge < -0.3 is 9.52 Å². The average Bonchev–Trinajstić information content (AvgIpc) is 3.30. The predicted octanol–water partition coefficient (Wildman–Crippen LogP) is 5.29. The highest BCUT2D eigenvalue weighted by atomic mass is 79.9. The Morgan fingerprint density at radius 1 is 1.07 bits per heavy atom. The first-order chi connectivity index (χ1) is 13.9. The molecule has 4 rings (SSSR count). The van der Waals surface area contributed by atoms with Crippen molar-refractivity contribution in [2.45, 2.75) is 19.9 Å².